The Morgan fingerprint density at radius 3 is 2.68 bits per heavy atom. The third-order valence-electron chi connectivity index (χ3n) is 3.66. The summed E-state index contributed by atoms with van der Waals surface area (Å²) < 4.78 is 0. The summed E-state index contributed by atoms with van der Waals surface area (Å²) >= 11 is 0. The fourth-order valence-electron chi connectivity index (χ4n) is 2.50. The van der Waals surface area contributed by atoms with E-state index < -0.39 is 5.97 Å². The highest BCUT2D eigenvalue weighted by Gasteiger charge is 2.04. The molecule has 1 aromatic carbocycles. The fourth-order valence-corrected chi connectivity index (χ4v) is 2.50. The van der Waals surface area contributed by atoms with Crippen molar-refractivity contribution in [2.45, 2.75) is 38.5 Å². The lowest BCUT2D eigenvalue weighted by molar-refractivity contribution is -0.137. The van der Waals surface area contributed by atoms with Gasteiger partial charge >= 0.3 is 5.97 Å². The average Bonchev–Trinajstić information content (AvgIpc) is 2.91. The molecule has 0 aliphatic rings. The number of fused-ring (bicyclic) bond motifs is 1. The van der Waals surface area contributed by atoms with E-state index in [0.717, 1.165) is 18.4 Å². The molecule has 3 N–H and O–H groups in total. The van der Waals surface area contributed by atoms with Crippen LogP contribution in [0.4, 0.5) is 0 Å². The molecular weight excluding hydrogens is 280 g/mol. The molecule has 0 spiro atoms. The molecule has 1 heterocycles. The highest BCUT2D eigenvalue weighted by molar-refractivity contribution is 5.83. The molecule has 0 bridgehead atoms. The van der Waals surface area contributed by atoms with Crippen molar-refractivity contribution in [2.75, 3.05) is 6.54 Å². The number of hydrogen-bond acceptors (Lipinski definition) is 2. The Balaban J connectivity index is 1.63. The SMILES string of the molecule is O=C(O)CCCCC(=O)NCCCc1c[nH]c2ccccc12. The first-order valence-corrected chi connectivity index (χ1v) is 7.70. The number of carbonyl (C=O) groups is 2. The van der Waals surface area contributed by atoms with Crippen LogP contribution >= 0.6 is 0 Å². The van der Waals surface area contributed by atoms with E-state index in [4.69, 9.17) is 5.11 Å². The van der Waals surface area contributed by atoms with E-state index in [1.807, 2.05) is 18.3 Å². The lowest BCUT2D eigenvalue weighted by atomic mass is 10.1. The van der Waals surface area contributed by atoms with Crippen molar-refractivity contribution in [2.24, 2.45) is 0 Å². The average molecular weight is 302 g/mol. The number of benzene rings is 1. The van der Waals surface area contributed by atoms with Gasteiger partial charge in [-0.3, -0.25) is 9.59 Å². The van der Waals surface area contributed by atoms with Crippen LogP contribution in [0.2, 0.25) is 0 Å². The van der Waals surface area contributed by atoms with Crippen LogP contribution in [0, 0.1) is 0 Å². The number of unbranched alkanes of at least 4 members (excludes halogenated alkanes) is 1. The number of amides is 1. The van der Waals surface area contributed by atoms with Crippen molar-refractivity contribution in [1.29, 1.82) is 0 Å². The van der Waals surface area contributed by atoms with Crippen LogP contribution in [-0.4, -0.2) is 28.5 Å². The Bertz CT molecular complexity index is 634. The van der Waals surface area contributed by atoms with Gasteiger partial charge in [-0.1, -0.05) is 18.2 Å². The van der Waals surface area contributed by atoms with Crippen LogP contribution in [0.1, 0.15) is 37.7 Å². The van der Waals surface area contributed by atoms with Gasteiger partial charge in [-0.15, -0.1) is 0 Å². The molecule has 0 saturated heterocycles. The number of aromatic amines is 1. The maximum Gasteiger partial charge on any atom is 0.303 e. The Morgan fingerprint density at radius 2 is 1.86 bits per heavy atom. The zero-order valence-corrected chi connectivity index (χ0v) is 12.6. The lowest BCUT2D eigenvalue weighted by Crippen LogP contribution is -2.24. The molecule has 2 aromatic rings. The molecule has 118 valence electrons. The number of nitrogens with one attached hydrogen (secondary N) is 2. The Hall–Kier alpha value is -2.30. The van der Waals surface area contributed by atoms with E-state index in [1.54, 1.807) is 0 Å². The van der Waals surface area contributed by atoms with E-state index in [1.165, 1.54) is 10.9 Å². The molecule has 0 aliphatic carbocycles. The van der Waals surface area contributed by atoms with Crippen molar-refractivity contribution in [3.8, 4) is 0 Å². The number of hydrogen-bond donors (Lipinski definition) is 3. The summed E-state index contributed by atoms with van der Waals surface area (Å²) in [5, 5.41) is 12.6. The molecule has 0 fully saturated rings. The number of H-pyrrole nitrogens is 1. The van der Waals surface area contributed by atoms with Crippen molar-refractivity contribution in [3.05, 3.63) is 36.0 Å². The first-order chi connectivity index (χ1) is 10.7. The van der Waals surface area contributed by atoms with Gasteiger partial charge in [-0.05, 0) is 37.3 Å². The van der Waals surface area contributed by atoms with Gasteiger partial charge in [-0.2, -0.15) is 0 Å². The molecule has 5 heteroatoms. The first-order valence-electron chi connectivity index (χ1n) is 7.70. The number of carbonyl (C=O) groups excluding carboxylic acids is 1. The van der Waals surface area contributed by atoms with Gasteiger partial charge in [0.05, 0.1) is 0 Å². The number of rotatable bonds is 9. The molecule has 0 unspecified atom stereocenters. The summed E-state index contributed by atoms with van der Waals surface area (Å²) in [5.74, 6) is -0.802. The second-order valence-electron chi connectivity index (χ2n) is 5.41. The maximum absolute atomic E-state index is 11.6. The molecular formula is C17H22N2O3. The second kappa shape index (κ2) is 8.22. The minimum absolute atomic E-state index is 0.00400. The molecule has 0 radical (unpaired) electrons. The summed E-state index contributed by atoms with van der Waals surface area (Å²) in [4.78, 5) is 25.2. The lowest BCUT2D eigenvalue weighted by Gasteiger charge is -2.04. The van der Waals surface area contributed by atoms with Crippen LogP contribution < -0.4 is 5.32 Å². The van der Waals surface area contributed by atoms with Crippen LogP contribution in [-0.2, 0) is 16.0 Å². The largest absolute Gasteiger partial charge is 0.481 e. The summed E-state index contributed by atoms with van der Waals surface area (Å²) in [7, 11) is 0. The normalized spacial score (nSPS) is 10.7. The highest BCUT2D eigenvalue weighted by Crippen LogP contribution is 2.18. The molecule has 0 atom stereocenters. The van der Waals surface area contributed by atoms with Crippen molar-refractivity contribution >= 4 is 22.8 Å². The molecule has 5 nitrogen and oxygen atoms in total. The first kappa shape index (κ1) is 16.1. The van der Waals surface area contributed by atoms with E-state index in [-0.39, 0.29) is 12.3 Å². The summed E-state index contributed by atoms with van der Waals surface area (Å²) in [5.41, 5.74) is 2.41. The minimum Gasteiger partial charge on any atom is -0.481 e. The van der Waals surface area contributed by atoms with Gasteiger partial charge in [0.25, 0.3) is 0 Å². The maximum atomic E-state index is 11.6. The third kappa shape index (κ3) is 4.91. The monoisotopic (exact) mass is 302 g/mol. The van der Waals surface area contributed by atoms with E-state index >= 15 is 0 Å². The molecule has 2 rings (SSSR count). The van der Waals surface area contributed by atoms with Gasteiger partial charge in [0.15, 0.2) is 0 Å². The number of aromatic nitrogens is 1. The minimum atomic E-state index is -0.806. The summed E-state index contributed by atoms with van der Waals surface area (Å²) in [6.45, 7) is 0.650. The zero-order chi connectivity index (χ0) is 15.8. The topological polar surface area (TPSA) is 82.2 Å². The highest BCUT2D eigenvalue weighted by atomic mass is 16.4. The molecule has 22 heavy (non-hydrogen) atoms. The standard InChI is InChI=1S/C17H22N2O3/c20-16(9-3-4-10-17(21)22)18-11-5-6-13-12-19-15-8-2-1-7-14(13)15/h1-2,7-8,12,19H,3-6,9-11H2,(H,18,20)(H,21,22). The molecule has 0 saturated carbocycles. The Morgan fingerprint density at radius 1 is 1.09 bits per heavy atom. The number of aryl methyl sites for hydroxylation is 1. The number of carboxylic acid groups (broad SMARTS) is 1. The molecule has 0 aliphatic heterocycles. The second-order valence-corrected chi connectivity index (χ2v) is 5.41. The predicted molar refractivity (Wildman–Crippen MR) is 85.7 cm³/mol. The van der Waals surface area contributed by atoms with E-state index in [2.05, 4.69) is 22.4 Å². The molecule has 1 amide bonds. The number of aliphatic carboxylic acids is 1. The van der Waals surface area contributed by atoms with E-state index in [0.29, 0.717) is 25.8 Å². The Kier molecular flexibility index (Phi) is 6.01. The predicted octanol–water partition coefficient (Wildman–Crippen LogP) is 2.86. The van der Waals surface area contributed by atoms with Crippen LogP contribution in [0.5, 0.6) is 0 Å². The van der Waals surface area contributed by atoms with Crippen LogP contribution in [0.15, 0.2) is 30.5 Å². The van der Waals surface area contributed by atoms with Gasteiger partial charge in [0, 0.05) is 36.5 Å². The van der Waals surface area contributed by atoms with Gasteiger partial charge in [0.1, 0.15) is 0 Å². The third-order valence-corrected chi connectivity index (χ3v) is 3.66. The van der Waals surface area contributed by atoms with Crippen molar-refractivity contribution in [1.82, 2.24) is 10.3 Å². The van der Waals surface area contributed by atoms with Crippen molar-refractivity contribution in [3.63, 3.8) is 0 Å². The van der Waals surface area contributed by atoms with Crippen LogP contribution in [0.25, 0.3) is 10.9 Å². The smallest absolute Gasteiger partial charge is 0.303 e. The fraction of sp³-hybridized carbons (Fsp3) is 0.412. The zero-order valence-electron chi connectivity index (χ0n) is 12.6. The van der Waals surface area contributed by atoms with Gasteiger partial charge in [-0.25, -0.2) is 0 Å². The summed E-state index contributed by atoms with van der Waals surface area (Å²) in [6, 6.07) is 8.19. The summed E-state index contributed by atoms with van der Waals surface area (Å²) in [6.07, 6.45) is 5.55. The molecule has 1 aromatic heterocycles. The van der Waals surface area contributed by atoms with E-state index in [9.17, 15) is 9.59 Å². The van der Waals surface area contributed by atoms with Gasteiger partial charge in [0.2, 0.25) is 5.91 Å². The van der Waals surface area contributed by atoms with Gasteiger partial charge < -0.3 is 15.4 Å². The van der Waals surface area contributed by atoms with Crippen LogP contribution in [0.3, 0.4) is 0 Å². The Labute approximate surface area is 129 Å². The van der Waals surface area contributed by atoms with Crippen molar-refractivity contribution < 1.29 is 14.7 Å². The number of carboxylic acids is 1. The number of para-hydroxylation sites is 1. The quantitative estimate of drug-likeness (QED) is 0.623.